The van der Waals surface area contributed by atoms with Crippen LogP contribution in [0.25, 0.3) is 0 Å². The van der Waals surface area contributed by atoms with E-state index in [9.17, 15) is 5.21 Å². The molecule has 0 spiro atoms. The molecule has 0 N–H and O–H groups in total. The van der Waals surface area contributed by atoms with Gasteiger partial charge in [0.05, 0.1) is 6.20 Å². The Labute approximate surface area is 90.5 Å². The number of rotatable bonds is 0. The van der Waals surface area contributed by atoms with Gasteiger partial charge >= 0.3 is 51.4 Å². The van der Waals surface area contributed by atoms with E-state index in [0.29, 0.717) is 4.73 Å². The Hall–Kier alpha value is 0.586. The van der Waals surface area contributed by atoms with Gasteiger partial charge in [-0.05, 0) is 0 Å². The van der Waals surface area contributed by atoms with Crippen LogP contribution < -0.4 is 56.1 Å². The fourth-order valence-electron chi connectivity index (χ4n) is 0.343. The third-order valence-corrected chi connectivity index (χ3v) is 0.631. The van der Waals surface area contributed by atoms with Gasteiger partial charge in [-0.1, -0.05) is 0 Å². The normalized spacial score (nSPS) is 7.50. The molecule has 1 aromatic rings. The van der Waals surface area contributed by atoms with E-state index >= 15 is 0 Å². The molecule has 0 saturated heterocycles. The first-order valence-corrected chi connectivity index (χ1v) is 1.95. The number of nitrogens with zero attached hydrogens (tertiary/aromatic N) is 1. The molecule has 2 nitrogen and oxygen atoms in total. The van der Waals surface area contributed by atoms with Crippen molar-refractivity contribution in [1.82, 2.24) is 0 Å². The van der Waals surface area contributed by atoms with Crippen LogP contribution in [-0.4, -0.2) is 0 Å². The van der Waals surface area contributed by atoms with E-state index in [0.717, 1.165) is 0 Å². The Bertz CT molecular complexity index is 142. The molecule has 0 amide bonds. The van der Waals surface area contributed by atoms with Gasteiger partial charge in [0.15, 0.2) is 0 Å². The molecule has 0 aromatic carbocycles. The molecule has 0 aliphatic carbocycles. The van der Waals surface area contributed by atoms with Crippen LogP contribution in [0.1, 0.15) is 0 Å². The first kappa shape index (κ1) is 8.59. The van der Waals surface area contributed by atoms with E-state index in [-0.39, 0.29) is 51.4 Å². The standard InChI is InChI=1S/C5H4NO.K/c7-6-4-2-1-3-5-6;/h1-4H;/q-1;+1. The average molecular weight is 133 g/mol. The van der Waals surface area contributed by atoms with E-state index in [4.69, 9.17) is 0 Å². The monoisotopic (exact) mass is 133 g/mol. The third kappa shape index (κ3) is 2.79. The first-order chi connectivity index (χ1) is 3.39. The summed E-state index contributed by atoms with van der Waals surface area (Å²) in [6.07, 6.45) is 3.78. The molecule has 0 aliphatic rings. The fourth-order valence-corrected chi connectivity index (χ4v) is 0.343. The zero-order valence-corrected chi connectivity index (χ0v) is 7.79. The second-order valence-electron chi connectivity index (χ2n) is 1.16. The topological polar surface area (TPSA) is 26.9 Å². The van der Waals surface area contributed by atoms with Gasteiger partial charge in [-0.3, -0.25) is 4.73 Å². The van der Waals surface area contributed by atoms with Crippen molar-refractivity contribution in [3.8, 4) is 0 Å². The van der Waals surface area contributed by atoms with Gasteiger partial charge in [-0.25, -0.2) is 0 Å². The summed E-state index contributed by atoms with van der Waals surface area (Å²) in [5.41, 5.74) is 0. The van der Waals surface area contributed by atoms with E-state index < -0.39 is 0 Å². The summed E-state index contributed by atoms with van der Waals surface area (Å²) in [4.78, 5) is 0. The molecule has 1 aromatic heterocycles. The van der Waals surface area contributed by atoms with Gasteiger partial charge in [0, 0.05) is 0 Å². The molecule has 1 rings (SSSR count). The van der Waals surface area contributed by atoms with E-state index in [2.05, 4.69) is 6.20 Å². The number of hydrogen-bond acceptors (Lipinski definition) is 1. The number of aromatic nitrogens is 1. The van der Waals surface area contributed by atoms with Crippen molar-refractivity contribution >= 4 is 0 Å². The predicted molar refractivity (Wildman–Crippen MR) is 24.2 cm³/mol. The van der Waals surface area contributed by atoms with Crippen molar-refractivity contribution in [2.45, 2.75) is 0 Å². The summed E-state index contributed by atoms with van der Waals surface area (Å²) in [6, 6.07) is 4.96. The van der Waals surface area contributed by atoms with Crippen molar-refractivity contribution in [2.75, 3.05) is 0 Å². The Balaban J connectivity index is 0.000000490. The van der Waals surface area contributed by atoms with Crippen LogP contribution in [0.2, 0.25) is 0 Å². The van der Waals surface area contributed by atoms with Crippen LogP contribution in [0.3, 0.4) is 0 Å². The van der Waals surface area contributed by atoms with Crippen LogP contribution in [0.4, 0.5) is 0 Å². The van der Waals surface area contributed by atoms with Gasteiger partial charge in [0.1, 0.15) is 6.20 Å². The zero-order chi connectivity index (χ0) is 5.11. The summed E-state index contributed by atoms with van der Waals surface area (Å²) < 4.78 is 0.625. The molecule has 0 aliphatic heterocycles. The van der Waals surface area contributed by atoms with E-state index in [1.54, 1.807) is 18.2 Å². The summed E-state index contributed by atoms with van der Waals surface area (Å²) >= 11 is 0. The number of pyridine rings is 1. The molecule has 0 bridgehead atoms. The maximum Gasteiger partial charge on any atom is 1.00 e. The Kier molecular flexibility index (Phi) is 4.79. The molecular weight excluding hydrogens is 129 g/mol. The molecule has 3 heteroatoms. The third-order valence-electron chi connectivity index (χ3n) is 0.631. The van der Waals surface area contributed by atoms with Gasteiger partial charge < -0.3 is 5.21 Å². The molecule has 0 radical (unpaired) electrons. The maximum atomic E-state index is 10.1. The summed E-state index contributed by atoms with van der Waals surface area (Å²) in [5, 5.41) is 10.1. The molecule has 8 heavy (non-hydrogen) atoms. The van der Waals surface area contributed by atoms with E-state index in [1.807, 2.05) is 0 Å². The SMILES string of the molecule is [K+].[O-][n+]1[c-]cccc1. The van der Waals surface area contributed by atoms with Crippen LogP contribution in [0.15, 0.2) is 24.4 Å². The Morgan fingerprint density at radius 3 is 2.38 bits per heavy atom. The van der Waals surface area contributed by atoms with E-state index in [1.165, 1.54) is 6.20 Å². The fraction of sp³-hybridized carbons (Fsp3) is 0. The van der Waals surface area contributed by atoms with Gasteiger partial charge in [-0.15, -0.1) is 12.1 Å². The zero-order valence-electron chi connectivity index (χ0n) is 4.66. The minimum atomic E-state index is 0. The van der Waals surface area contributed by atoms with Gasteiger partial charge in [0.25, 0.3) is 0 Å². The van der Waals surface area contributed by atoms with Crippen molar-refractivity contribution in [2.24, 2.45) is 0 Å². The molecule has 36 valence electrons. The Morgan fingerprint density at radius 1 is 1.38 bits per heavy atom. The van der Waals surface area contributed by atoms with Crippen LogP contribution >= 0.6 is 0 Å². The van der Waals surface area contributed by atoms with Gasteiger partial charge in [-0.2, -0.15) is 6.07 Å². The van der Waals surface area contributed by atoms with Crippen molar-refractivity contribution in [3.63, 3.8) is 0 Å². The molecule has 1 heterocycles. The molecular formula is C5H4KNO. The second kappa shape index (κ2) is 4.46. The maximum absolute atomic E-state index is 10.1. The van der Waals surface area contributed by atoms with Crippen molar-refractivity contribution < 1.29 is 56.1 Å². The summed E-state index contributed by atoms with van der Waals surface area (Å²) in [5.74, 6) is 0. The minimum Gasteiger partial charge on any atom is -0.641 e. The van der Waals surface area contributed by atoms with Crippen LogP contribution in [0.5, 0.6) is 0 Å². The largest absolute Gasteiger partial charge is 1.00 e. The quantitative estimate of drug-likeness (QED) is 0.162. The van der Waals surface area contributed by atoms with Crippen LogP contribution in [-0.2, 0) is 0 Å². The summed E-state index contributed by atoms with van der Waals surface area (Å²) in [6.45, 7) is 0. The van der Waals surface area contributed by atoms with Crippen molar-refractivity contribution in [1.29, 1.82) is 0 Å². The molecule has 0 saturated carbocycles. The summed E-state index contributed by atoms with van der Waals surface area (Å²) in [7, 11) is 0. The Morgan fingerprint density at radius 2 is 2.12 bits per heavy atom. The smallest absolute Gasteiger partial charge is 0.641 e. The van der Waals surface area contributed by atoms with Gasteiger partial charge in [0.2, 0.25) is 0 Å². The van der Waals surface area contributed by atoms with Crippen LogP contribution in [0, 0.1) is 11.4 Å². The average Bonchev–Trinajstić information content (AvgIpc) is 1.69. The second-order valence-corrected chi connectivity index (χ2v) is 1.16. The van der Waals surface area contributed by atoms with Crippen molar-refractivity contribution in [3.05, 3.63) is 35.8 Å². The first-order valence-electron chi connectivity index (χ1n) is 1.95. The number of hydrogen-bond donors (Lipinski definition) is 0. The molecule has 0 unspecified atom stereocenters. The predicted octanol–water partition coefficient (Wildman–Crippen LogP) is -2.88. The molecule has 0 atom stereocenters. The minimum absolute atomic E-state index is 0. The molecule has 0 fully saturated rings.